The molecule has 1 fully saturated rings. The number of piperazine rings is 1. The van der Waals surface area contributed by atoms with E-state index in [0.29, 0.717) is 32.6 Å². The molecule has 5 nitrogen and oxygen atoms in total. The van der Waals surface area contributed by atoms with Crippen LogP contribution in [0.2, 0.25) is 0 Å². The SMILES string of the molecule is CCC(=O)N1CCN(S(=O)(=O)C=Cc2ccccc2)CC1. The van der Waals surface area contributed by atoms with E-state index in [4.69, 9.17) is 0 Å². The summed E-state index contributed by atoms with van der Waals surface area (Å²) in [6, 6.07) is 9.31. The van der Waals surface area contributed by atoms with Gasteiger partial charge in [0.15, 0.2) is 0 Å². The molecule has 21 heavy (non-hydrogen) atoms. The third kappa shape index (κ3) is 4.15. The van der Waals surface area contributed by atoms with E-state index in [1.807, 2.05) is 37.3 Å². The van der Waals surface area contributed by atoms with E-state index in [0.717, 1.165) is 5.56 Å². The number of sulfonamides is 1. The maximum Gasteiger partial charge on any atom is 0.236 e. The number of amides is 1. The Morgan fingerprint density at radius 3 is 2.33 bits per heavy atom. The maximum absolute atomic E-state index is 12.2. The molecule has 114 valence electrons. The lowest BCUT2D eigenvalue weighted by Gasteiger charge is -2.33. The van der Waals surface area contributed by atoms with Gasteiger partial charge in [-0.15, -0.1) is 0 Å². The summed E-state index contributed by atoms with van der Waals surface area (Å²) >= 11 is 0. The molecule has 0 N–H and O–H groups in total. The van der Waals surface area contributed by atoms with E-state index in [2.05, 4.69) is 0 Å². The van der Waals surface area contributed by atoms with Gasteiger partial charge in [0.05, 0.1) is 0 Å². The van der Waals surface area contributed by atoms with Crippen LogP contribution in [-0.2, 0) is 14.8 Å². The van der Waals surface area contributed by atoms with Gasteiger partial charge in [-0.1, -0.05) is 37.3 Å². The van der Waals surface area contributed by atoms with Crippen LogP contribution in [0.3, 0.4) is 0 Å². The van der Waals surface area contributed by atoms with Crippen molar-refractivity contribution in [3.05, 3.63) is 41.3 Å². The highest BCUT2D eigenvalue weighted by Gasteiger charge is 2.26. The predicted octanol–water partition coefficient (Wildman–Crippen LogP) is 1.54. The molecule has 0 spiro atoms. The summed E-state index contributed by atoms with van der Waals surface area (Å²) in [6.45, 7) is 3.45. The Morgan fingerprint density at radius 2 is 1.76 bits per heavy atom. The largest absolute Gasteiger partial charge is 0.340 e. The van der Waals surface area contributed by atoms with Gasteiger partial charge in [0.1, 0.15) is 0 Å². The van der Waals surface area contributed by atoms with E-state index >= 15 is 0 Å². The molecule has 2 rings (SSSR count). The summed E-state index contributed by atoms with van der Waals surface area (Å²) in [4.78, 5) is 13.3. The molecule has 0 bridgehead atoms. The van der Waals surface area contributed by atoms with Gasteiger partial charge in [0.25, 0.3) is 0 Å². The first kappa shape index (κ1) is 15.7. The second-order valence-corrected chi connectivity index (χ2v) is 6.71. The summed E-state index contributed by atoms with van der Waals surface area (Å²) in [5.74, 6) is 0.0758. The minimum absolute atomic E-state index is 0.0758. The van der Waals surface area contributed by atoms with Crippen LogP contribution in [-0.4, -0.2) is 49.7 Å². The number of hydrogen-bond acceptors (Lipinski definition) is 3. The van der Waals surface area contributed by atoms with Crippen LogP contribution >= 0.6 is 0 Å². The highest BCUT2D eigenvalue weighted by Crippen LogP contribution is 2.12. The fraction of sp³-hybridized carbons (Fsp3) is 0.400. The number of rotatable bonds is 4. The minimum Gasteiger partial charge on any atom is -0.340 e. The molecule has 0 atom stereocenters. The summed E-state index contributed by atoms with van der Waals surface area (Å²) in [6.07, 6.45) is 2.06. The molecule has 1 heterocycles. The van der Waals surface area contributed by atoms with Crippen molar-refractivity contribution < 1.29 is 13.2 Å². The van der Waals surface area contributed by atoms with Crippen LogP contribution in [0, 0.1) is 0 Å². The first-order chi connectivity index (χ1) is 10.0. The van der Waals surface area contributed by atoms with Crippen molar-refractivity contribution in [1.29, 1.82) is 0 Å². The van der Waals surface area contributed by atoms with Gasteiger partial charge in [0.2, 0.25) is 15.9 Å². The fourth-order valence-corrected chi connectivity index (χ4v) is 3.40. The third-order valence-corrected chi connectivity index (χ3v) is 5.05. The monoisotopic (exact) mass is 308 g/mol. The van der Waals surface area contributed by atoms with Gasteiger partial charge < -0.3 is 4.90 Å². The molecule has 1 aliphatic rings. The quantitative estimate of drug-likeness (QED) is 0.848. The molecular formula is C15H20N2O3S. The Labute approximate surface area is 125 Å². The van der Waals surface area contributed by atoms with E-state index in [1.165, 1.54) is 9.71 Å². The topological polar surface area (TPSA) is 57.7 Å². The van der Waals surface area contributed by atoms with Gasteiger partial charge in [-0.25, -0.2) is 8.42 Å². The Morgan fingerprint density at radius 1 is 1.14 bits per heavy atom. The maximum atomic E-state index is 12.2. The van der Waals surface area contributed by atoms with Gasteiger partial charge in [0, 0.05) is 38.0 Å². The van der Waals surface area contributed by atoms with E-state index in [-0.39, 0.29) is 5.91 Å². The standard InChI is InChI=1S/C15H20N2O3S/c1-2-15(18)16-9-11-17(12-10-16)21(19,20)13-8-14-6-4-3-5-7-14/h3-8,13H,2,9-12H2,1H3. The van der Waals surface area contributed by atoms with Crippen LogP contribution in [0.1, 0.15) is 18.9 Å². The lowest BCUT2D eigenvalue weighted by Crippen LogP contribution is -2.49. The zero-order valence-electron chi connectivity index (χ0n) is 12.1. The van der Waals surface area contributed by atoms with E-state index < -0.39 is 10.0 Å². The predicted molar refractivity (Wildman–Crippen MR) is 82.8 cm³/mol. The van der Waals surface area contributed by atoms with Crippen LogP contribution < -0.4 is 0 Å². The van der Waals surface area contributed by atoms with Gasteiger partial charge >= 0.3 is 0 Å². The Hall–Kier alpha value is -1.66. The first-order valence-corrected chi connectivity index (χ1v) is 8.54. The summed E-state index contributed by atoms with van der Waals surface area (Å²) in [5, 5.41) is 1.24. The molecule has 0 aromatic heterocycles. The van der Waals surface area contributed by atoms with Gasteiger partial charge in [-0.3, -0.25) is 4.79 Å². The molecule has 1 amide bonds. The fourth-order valence-electron chi connectivity index (χ4n) is 2.23. The van der Waals surface area contributed by atoms with Crippen molar-refractivity contribution in [3.63, 3.8) is 0 Å². The normalized spacial score (nSPS) is 17.3. The molecule has 1 aromatic carbocycles. The van der Waals surface area contributed by atoms with Gasteiger partial charge in [-0.05, 0) is 11.6 Å². The number of nitrogens with zero attached hydrogens (tertiary/aromatic N) is 2. The highest BCUT2D eigenvalue weighted by molar-refractivity contribution is 7.92. The lowest BCUT2D eigenvalue weighted by molar-refractivity contribution is -0.132. The molecule has 1 aromatic rings. The van der Waals surface area contributed by atoms with Crippen molar-refractivity contribution in [1.82, 2.24) is 9.21 Å². The second kappa shape index (κ2) is 6.87. The smallest absolute Gasteiger partial charge is 0.236 e. The number of carbonyl (C=O) groups is 1. The number of benzene rings is 1. The van der Waals surface area contributed by atoms with Crippen LogP contribution in [0.25, 0.3) is 6.08 Å². The van der Waals surface area contributed by atoms with Crippen molar-refractivity contribution in [3.8, 4) is 0 Å². The third-order valence-electron chi connectivity index (χ3n) is 3.49. The average molecular weight is 308 g/mol. The number of hydrogen-bond donors (Lipinski definition) is 0. The zero-order chi connectivity index (χ0) is 15.3. The zero-order valence-corrected chi connectivity index (χ0v) is 12.9. The highest BCUT2D eigenvalue weighted by atomic mass is 32.2. The van der Waals surface area contributed by atoms with Crippen LogP contribution in [0.15, 0.2) is 35.7 Å². The minimum atomic E-state index is -3.42. The van der Waals surface area contributed by atoms with Crippen molar-refractivity contribution >= 4 is 22.0 Å². The van der Waals surface area contributed by atoms with Crippen LogP contribution in [0.4, 0.5) is 0 Å². The van der Waals surface area contributed by atoms with Crippen molar-refractivity contribution in [2.75, 3.05) is 26.2 Å². The Bertz CT molecular complexity index is 603. The summed E-state index contributed by atoms with van der Waals surface area (Å²) < 4.78 is 25.9. The molecule has 6 heteroatoms. The van der Waals surface area contributed by atoms with Crippen LogP contribution in [0.5, 0.6) is 0 Å². The van der Waals surface area contributed by atoms with Crippen molar-refractivity contribution in [2.24, 2.45) is 0 Å². The number of carbonyl (C=O) groups excluding carboxylic acids is 1. The first-order valence-electron chi connectivity index (χ1n) is 7.04. The summed E-state index contributed by atoms with van der Waals surface area (Å²) in [5.41, 5.74) is 0.848. The molecule has 0 saturated carbocycles. The van der Waals surface area contributed by atoms with Crippen molar-refractivity contribution in [2.45, 2.75) is 13.3 Å². The average Bonchev–Trinajstić information content (AvgIpc) is 2.53. The van der Waals surface area contributed by atoms with E-state index in [9.17, 15) is 13.2 Å². The molecule has 0 unspecified atom stereocenters. The molecule has 0 radical (unpaired) electrons. The van der Waals surface area contributed by atoms with E-state index in [1.54, 1.807) is 11.0 Å². The Balaban J connectivity index is 1.99. The molecule has 1 aliphatic heterocycles. The lowest BCUT2D eigenvalue weighted by atomic mass is 10.2. The Kier molecular flexibility index (Phi) is 5.14. The molecule has 1 saturated heterocycles. The van der Waals surface area contributed by atoms with Gasteiger partial charge in [-0.2, -0.15) is 4.31 Å². The molecular weight excluding hydrogens is 288 g/mol. The summed E-state index contributed by atoms with van der Waals surface area (Å²) in [7, 11) is -3.42. The molecule has 0 aliphatic carbocycles. The second-order valence-electron chi connectivity index (χ2n) is 4.89.